The van der Waals surface area contributed by atoms with Crippen LogP contribution in [-0.4, -0.2) is 11.3 Å². The molecule has 0 aliphatic rings. The fraction of sp³-hybridized carbons (Fsp3) is 0.143. The van der Waals surface area contributed by atoms with Crippen LogP contribution < -0.4 is 4.74 Å². The minimum absolute atomic E-state index is 0.452. The molecule has 1 aromatic heterocycles. The van der Waals surface area contributed by atoms with E-state index >= 15 is 0 Å². The molecule has 3 nitrogen and oxygen atoms in total. The first-order valence-corrected chi connectivity index (χ1v) is 6.26. The van der Waals surface area contributed by atoms with Crippen LogP contribution in [0.1, 0.15) is 21.5 Å². The molecule has 1 aromatic carbocycles. The lowest BCUT2D eigenvalue weighted by Crippen LogP contribution is -1.97. The highest BCUT2D eigenvalue weighted by molar-refractivity contribution is 9.10. The van der Waals surface area contributed by atoms with E-state index in [9.17, 15) is 4.79 Å². The molecule has 0 radical (unpaired) electrons. The number of aryl methyl sites for hydroxylation is 1. The highest BCUT2D eigenvalue weighted by atomic mass is 79.9. The molecular weight excluding hydrogens is 294 g/mol. The van der Waals surface area contributed by atoms with E-state index in [1.165, 1.54) is 0 Å². The first-order valence-electron chi connectivity index (χ1n) is 5.47. The summed E-state index contributed by atoms with van der Waals surface area (Å²) in [4.78, 5) is 14.7. The predicted molar refractivity (Wildman–Crippen MR) is 72.8 cm³/mol. The largest absolute Gasteiger partial charge is 0.488 e. The number of hydrogen-bond donors (Lipinski definition) is 0. The van der Waals surface area contributed by atoms with Gasteiger partial charge in [-0.3, -0.25) is 9.78 Å². The lowest BCUT2D eigenvalue weighted by molar-refractivity contribution is 0.112. The lowest BCUT2D eigenvalue weighted by atomic mass is 10.2. The van der Waals surface area contributed by atoms with E-state index in [1.54, 1.807) is 30.6 Å². The van der Waals surface area contributed by atoms with Crippen LogP contribution in [0.15, 0.2) is 41.1 Å². The molecule has 0 atom stereocenters. The Hall–Kier alpha value is -1.68. The van der Waals surface area contributed by atoms with Crippen LogP contribution in [0, 0.1) is 6.92 Å². The molecule has 92 valence electrons. The molecule has 2 rings (SSSR count). The van der Waals surface area contributed by atoms with Gasteiger partial charge < -0.3 is 4.74 Å². The van der Waals surface area contributed by atoms with E-state index < -0.39 is 0 Å². The van der Waals surface area contributed by atoms with Crippen LogP contribution in [0.2, 0.25) is 0 Å². The summed E-state index contributed by atoms with van der Waals surface area (Å²) in [5.41, 5.74) is 2.74. The van der Waals surface area contributed by atoms with Gasteiger partial charge in [-0.25, -0.2) is 0 Å². The Morgan fingerprint density at radius 2 is 2.17 bits per heavy atom. The van der Waals surface area contributed by atoms with Gasteiger partial charge in [0.2, 0.25) is 0 Å². The number of rotatable bonds is 4. The summed E-state index contributed by atoms with van der Waals surface area (Å²) >= 11 is 3.38. The molecule has 0 amide bonds. The van der Waals surface area contributed by atoms with Crippen LogP contribution in [0.25, 0.3) is 0 Å². The van der Waals surface area contributed by atoms with Crippen LogP contribution in [-0.2, 0) is 6.61 Å². The van der Waals surface area contributed by atoms with Crippen molar-refractivity contribution in [3.05, 3.63) is 57.8 Å². The number of benzene rings is 1. The number of aromatic nitrogens is 1. The van der Waals surface area contributed by atoms with Crippen molar-refractivity contribution in [1.29, 1.82) is 0 Å². The van der Waals surface area contributed by atoms with Crippen LogP contribution >= 0.6 is 15.9 Å². The maximum absolute atomic E-state index is 10.6. The van der Waals surface area contributed by atoms with Gasteiger partial charge in [-0.05, 0) is 52.7 Å². The van der Waals surface area contributed by atoms with Crippen LogP contribution in [0.5, 0.6) is 5.75 Å². The third-order valence-electron chi connectivity index (χ3n) is 2.42. The van der Waals surface area contributed by atoms with Crippen molar-refractivity contribution in [3.8, 4) is 5.75 Å². The predicted octanol–water partition coefficient (Wildman–Crippen LogP) is 3.54. The third kappa shape index (κ3) is 3.17. The van der Waals surface area contributed by atoms with Gasteiger partial charge in [-0.1, -0.05) is 0 Å². The van der Waals surface area contributed by atoms with Crippen molar-refractivity contribution in [1.82, 2.24) is 4.98 Å². The number of aldehydes is 1. The minimum Gasteiger partial charge on any atom is -0.488 e. The van der Waals surface area contributed by atoms with Crippen molar-refractivity contribution in [2.75, 3.05) is 0 Å². The Morgan fingerprint density at radius 1 is 1.33 bits per heavy atom. The molecule has 0 unspecified atom stereocenters. The SMILES string of the molecule is Cc1cncc(COc2ccc(C=O)cc2Br)c1. The standard InChI is InChI=1S/C14H12BrNO2/c1-10-4-12(7-16-6-10)9-18-14-3-2-11(8-17)5-13(14)15/h2-8H,9H2,1H3. The Labute approximate surface area is 114 Å². The van der Waals surface area contributed by atoms with Gasteiger partial charge >= 0.3 is 0 Å². The quantitative estimate of drug-likeness (QED) is 0.811. The Kier molecular flexibility index (Phi) is 4.10. The second-order valence-corrected chi connectivity index (χ2v) is 4.82. The molecule has 0 bridgehead atoms. The van der Waals surface area contributed by atoms with Crippen LogP contribution in [0.3, 0.4) is 0 Å². The summed E-state index contributed by atoms with van der Waals surface area (Å²) in [5, 5.41) is 0. The van der Waals surface area contributed by atoms with E-state index in [0.717, 1.165) is 21.9 Å². The third-order valence-corrected chi connectivity index (χ3v) is 3.04. The zero-order valence-corrected chi connectivity index (χ0v) is 11.5. The molecule has 0 saturated carbocycles. The van der Waals surface area contributed by atoms with Crippen LogP contribution in [0.4, 0.5) is 0 Å². The summed E-state index contributed by atoms with van der Waals surface area (Å²) in [6, 6.07) is 7.26. The summed E-state index contributed by atoms with van der Waals surface area (Å²) in [7, 11) is 0. The van der Waals surface area contributed by atoms with E-state index in [1.807, 2.05) is 13.0 Å². The number of pyridine rings is 1. The molecule has 0 N–H and O–H groups in total. The van der Waals surface area contributed by atoms with Gasteiger partial charge in [0.05, 0.1) is 4.47 Å². The van der Waals surface area contributed by atoms with Gasteiger partial charge in [-0.15, -0.1) is 0 Å². The van der Waals surface area contributed by atoms with Gasteiger partial charge in [0.15, 0.2) is 0 Å². The molecule has 0 fully saturated rings. The molecule has 0 spiro atoms. The average Bonchev–Trinajstić information content (AvgIpc) is 2.37. The summed E-state index contributed by atoms with van der Waals surface area (Å²) in [5.74, 6) is 0.710. The molecule has 4 heteroatoms. The molecule has 0 saturated heterocycles. The molecular formula is C14H12BrNO2. The Morgan fingerprint density at radius 3 is 2.83 bits per heavy atom. The van der Waals surface area contributed by atoms with Gasteiger partial charge in [-0.2, -0.15) is 0 Å². The smallest absolute Gasteiger partial charge is 0.150 e. The van der Waals surface area contributed by atoms with Crippen molar-refractivity contribution in [2.45, 2.75) is 13.5 Å². The highest BCUT2D eigenvalue weighted by Gasteiger charge is 2.03. The normalized spacial score (nSPS) is 10.1. The van der Waals surface area contributed by atoms with Crippen molar-refractivity contribution < 1.29 is 9.53 Å². The first kappa shape index (κ1) is 12.8. The van der Waals surface area contributed by atoms with Gasteiger partial charge in [0.25, 0.3) is 0 Å². The zero-order chi connectivity index (χ0) is 13.0. The monoisotopic (exact) mass is 305 g/mol. The van der Waals surface area contributed by atoms with Gasteiger partial charge in [0.1, 0.15) is 18.6 Å². The second-order valence-electron chi connectivity index (χ2n) is 3.97. The number of carbonyl (C=O) groups excluding carboxylic acids is 1. The molecule has 18 heavy (non-hydrogen) atoms. The summed E-state index contributed by atoms with van der Waals surface area (Å²) < 4.78 is 6.45. The minimum atomic E-state index is 0.452. The number of halogens is 1. The molecule has 0 aliphatic heterocycles. The summed E-state index contributed by atoms with van der Waals surface area (Å²) in [6.45, 7) is 2.44. The van der Waals surface area contributed by atoms with Crippen molar-refractivity contribution >= 4 is 22.2 Å². The first-order chi connectivity index (χ1) is 8.69. The second kappa shape index (κ2) is 5.78. The molecule has 2 aromatic rings. The molecule has 1 heterocycles. The van der Waals surface area contributed by atoms with E-state index in [0.29, 0.717) is 17.9 Å². The zero-order valence-electron chi connectivity index (χ0n) is 9.89. The molecule has 0 aliphatic carbocycles. The van der Waals surface area contributed by atoms with E-state index in [2.05, 4.69) is 20.9 Å². The number of nitrogens with zero attached hydrogens (tertiary/aromatic N) is 1. The Balaban J connectivity index is 2.08. The lowest BCUT2D eigenvalue weighted by Gasteiger charge is -2.08. The fourth-order valence-corrected chi connectivity index (χ4v) is 2.08. The number of ether oxygens (including phenoxy) is 1. The summed E-state index contributed by atoms with van der Waals surface area (Å²) in [6.07, 6.45) is 4.39. The Bertz CT molecular complexity index is 569. The topological polar surface area (TPSA) is 39.2 Å². The fourth-order valence-electron chi connectivity index (χ4n) is 1.57. The van der Waals surface area contributed by atoms with Gasteiger partial charge in [0, 0.05) is 23.5 Å². The highest BCUT2D eigenvalue weighted by Crippen LogP contribution is 2.26. The van der Waals surface area contributed by atoms with Crippen molar-refractivity contribution in [2.24, 2.45) is 0 Å². The van der Waals surface area contributed by atoms with Crippen molar-refractivity contribution in [3.63, 3.8) is 0 Å². The van der Waals surface area contributed by atoms with E-state index in [4.69, 9.17) is 4.74 Å². The maximum atomic E-state index is 10.6. The number of hydrogen-bond acceptors (Lipinski definition) is 3. The van der Waals surface area contributed by atoms with E-state index in [-0.39, 0.29) is 0 Å². The number of carbonyl (C=O) groups is 1. The average molecular weight is 306 g/mol. The maximum Gasteiger partial charge on any atom is 0.150 e.